The van der Waals surface area contributed by atoms with Gasteiger partial charge in [-0.25, -0.2) is 0 Å². The van der Waals surface area contributed by atoms with Crippen LogP contribution in [0.4, 0.5) is 0 Å². The third-order valence-corrected chi connectivity index (χ3v) is 3.35. The van der Waals surface area contributed by atoms with Crippen molar-refractivity contribution in [3.05, 3.63) is 35.9 Å². The van der Waals surface area contributed by atoms with Crippen molar-refractivity contribution in [2.75, 3.05) is 19.6 Å². The number of hydrogen-bond acceptors (Lipinski definition) is 2. The zero-order valence-corrected chi connectivity index (χ0v) is 17.7. The van der Waals surface area contributed by atoms with Crippen molar-refractivity contribution in [3.63, 3.8) is 0 Å². The Balaban J connectivity index is 0.00000529. The van der Waals surface area contributed by atoms with Crippen LogP contribution in [-0.4, -0.2) is 31.5 Å². The Morgan fingerprint density at radius 1 is 1.17 bits per heavy atom. The van der Waals surface area contributed by atoms with Gasteiger partial charge >= 0.3 is 0 Å². The number of nitrogens with one attached hydrogen (secondary N) is 3. The lowest BCUT2D eigenvalue weighted by Gasteiger charge is -2.19. The molecule has 5 nitrogen and oxygen atoms in total. The molecule has 1 atom stereocenters. The first kappa shape index (κ1) is 22.7. The fourth-order valence-electron chi connectivity index (χ4n) is 1.95. The molecular weight excluding hydrogens is 415 g/mol. The third kappa shape index (κ3) is 8.52. The highest BCUT2D eigenvalue weighted by molar-refractivity contribution is 14.0. The van der Waals surface area contributed by atoms with Crippen LogP contribution >= 0.6 is 24.0 Å². The average Bonchev–Trinajstić information content (AvgIpc) is 2.51. The van der Waals surface area contributed by atoms with Crippen molar-refractivity contribution in [2.24, 2.45) is 10.4 Å². The predicted molar refractivity (Wildman–Crippen MR) is 112 cm³/mol. The van der Waals surface area contributed by atoms with Gasteiger partial charge in [0.1, 0.15) is 0 Å². The molecular formula is C18H31IN4O. The maximum Gasteiger partial charge on any atom is 0.225 e. The number of amides is 1. The number of hydrogen-bond donors (Lipinski definition) is 3. The Morgan fingerprint density at radius 2 is 1.79 bits per heavy atom. The first-order chi connectivity index (χ1) is 10.8. The van der Waals surface area contributed by atoms with E-state index in [9.17, 15) is 4.79 Å². The molecule has 0 radical (unpaired) electrons. The molecule has 3 N–H and O–H groups in total. The number of nitrogens with zero attached hydrogens (tertiary/aromatic N) is 1. The number of carbonyl (C=O) groups is 1. The summed E-state index contributed by atoms with van der Waals surface area (Å²) >= 11 is 0. The molecule has 0 aliphatic rings. The monoisotopic (exact) mass is 446 g/mol. The Labute approximate surface area is 163 Å². The summed E-state index contributed by atoms with van der Waals surface area (Å²) in [6.45, 7) is 11.7. The number of benzene rings is 1. The Hall–Kier alpha value is -1.31. The summed E-state index contributed by atoms with van der Waals surface area (Å²) in [7, 11) is 0. The molecule has 0 spiro atoms. The van der Waals surface area contributed by atoms with Crippen LogP contribution in [0.15, 0.2) is 35.3 Å². The highest BCUT2D eigenvalue weighted by atomic mass is 127. The molecule has 136 valence electrons. The molecule has 0 heterocycles. The molecule has 0 fully saturated rings. The fraction of sp³-hybridized carbons (Fsp3) is 0.556. The lowest BCUT2D eigenvalue weighted by molar-refractivity contribution is -0.128. The van der Waals surface area contributed by atoms with Crippen LogP contribution in [0.1, 0.15) is 46.2 Å². The van der Waals surface area contributed by atoms with Crippen molar-refractivity contribution in [1.82, 2.24) is 16.0 Å². The number of rotatable bonds is 6. The van der Waals surface area contributed by atoms with E-state index in [0.29, 0.717) is 13.1 Å². The van der Waals surface area contributed by atoms with Crippen molar-refractivity contribution < 1.29 is 4.79 Å². The first-order valence-corrected chi connectivity index (χ1v) is 8.22. The van der Waals surface area contributed by atoms with Crippen molar-refractivity contribution >= 4 is 35.8 Å². The summed E-state index contributed by atoms with van der Waals surface area (Å²) in [5, 5.41) is 9.51. The highest BCUT2D eigenvalue weighted by Crippen LogP contribution is 2.12. The maximum atomic E-state index is 11.8. The van der Waals surface area contributed by atoms with E-state index >= 15 is 0 Å². The minimum Gasteiger partial charge on any atom is -0.357 e. The van der Waals surface area contributed by atoms with E-state index in [1.165, 1.54) is 5.56 Å². The van der Waals surface area contributed by atoms with Crippen molar-refractivity contribution in [2.45, 2.75) is 40.7 Å². The summed E-state index contributed by atoms with van der Waals surface area (Å²) in [6.07, 6.45) is 0. The second-order valence-electron chi connectivity index (χ2n) is 6.54. The van der Waals surface area contributed by atoms with Crippen LogP contribution < -0.4 is 16.0 Å². The van der Waals surface area contributed by atoms with Crippen LogP contribution in [0.25, 0.3) is 0 Å². The lowest BCUT2D eigenvalue weighted by Crippen LogP contribution is -2.40. The molecule has 0 aliphatic carbocycles. The first-order valence-electron chi connectivity index (χ1n) is 8.22. The van der Waals surface area contributed by atoms with Gasteiger partial charge in [0, 0.05) is 18.5 Å². The van der Waals surface area contributed by atoms with Gasteiger partial charge in [0.2, 0.25) is 5.91 Å². The van der Waals surface area contributed by atoms with Gasteiger partial charge in [-0.2, -0.15) is 0 Å². The smallest absolute Gasteiger partial charge is 0.225 e. The van der Waals surface area contributed by atoms with Crippen LogP contribution in [0.5, 0.6) is 0 Å². The molecule has 1 rings (SSSR count). The van der Waals surface area contributed by atoms with Gasteiger partial charge in [-0.15, -0.1) is 24.0 Å². The van der Waals surface area contributed by atoms with Gasteiger partial charge in [0.25, 0.3) is 0 Å². The third-order valence-electron chi connectivity index (χ3n) is 3.35. The Bertz CT molecular complexity index is 512. The number of guanidine groups is 1. The minimum absolute atomic E-state index is 0. The van der Waals surface area contributed by atoms with Gasteiger partial charge in [-0.05, 0) is 19.4 Å². The normalized spacial score (nSPS) is 12.8. The molecule has 0 saturated carbocycles. The summed E-state index contributed by atoms with van der Waals surface area (Å²) in [4.78, 5) is 16.3. The number of carbonyl (C=O) groups excluding carboxylic acids is 1. The molecule has 1 unspecified atom stereocenters. The van der Waals surface area contributed by atoms with E-state index < -0.39 is 0 Å². The molecule has 1 aromatic carbocycles. The zero-order chi connectivity index (χ0) is 17.3. The standard InChI is InChI=1S/C18H30N4O.HI/c1-6-19-17(21-13-12-20-16(23)18(3,4)5)22-14(2)15-10-8-7-9-11-15;/h7-11,14H,6,12-13H2,1-5H3,(H,20,23)(H2,19,21,22);1H. The average molecular weight is 446 g/mol. The molecule has 0 saturated heterocycles. The van der Waals surface area contributed by atoms with E-state index in [0.717, 1.165) is 12.5 Å². The largest absolute Gasteiger partial charge is 0.357 e. The zero-order valence-electron chi connectivity index (χ0n) is 15.3. The predicted octanol–water partition coefficient (Wildman–Crippen LogP) is 3.08. The fourth-order valence-corrected chi connectivity index (χ4v) is 1.95. The summed E-state index contributed by atoms with van der Waals surface area (Å²) in [5.74, 6) is 0.803. The van der Waals surface area contributed by atoms with Gasteiger partial charge < -0.3 is 16.0 Å². The molecule has 1 amide bonds. The van der Waals surface area contributed by atoms with Crippen LogP contribution in [0.2, 0.25) is 0 Å². The Morgan fingerprint density at radius 3 is 2.33 bits per heavy atom. The van der Waals surface area contributed by atoms with Crippen LogP contribution in [0.3, 0.4) is 0 Å². The molecule has 1 aromatic rings. The topological polar surface area (TPSA) is 65.5 Å². The maximum absolute atomic E-state index is 11.8. The van der Waals surface area contributed by atoms with Gasteiger partial charge in [-0.1, -0.05) is 51.1 Å². The van der Waals surface area contributed by atoms with Gasteiger partial charge in [-0.3, -0.25) is 9.79 Å². The summed E-state index contributed by atoms with van der Waals surface area (Å²) in [5.41, 5.74) is 0.841. The van der Waals surface area contributed by atoms with Crippen molar-refractivity contribution in [3.8, 4) is 0 Å². The van der Waals surface area contributed by atoms with E-state index in [4.69, 9.17) is 0 Å². The van der Waals surface area contributed by atoms with E-state index in [-0.39, 0.29) is 41.3 Å². The SMILES string of the molecule is CCNC(=NCCNC(=O)C(C)(C)C)NC(C)c1ccccc1.I. The number of halogens is 1. The molecule has 0 aromatic heterocycles. The van der Waals surface area contributed by atoms with E-state index in [1.54, 1.807) is 0 Å². The summed E-state index contributed by atoms with van der Waals surface area (Å²) in [6, 6.07) is 10.4. The molecule has 0 bridgehead atoms. The van der Waals surface area contributed by atoms with Crippen LogP contribution in [0, 0.1) is 5.41 Å². The van der Waals surface area contributed by atoms with E-state index in [1.807, 2.05) is 45.9 Å². The summed E-state index contributed by atoms with van der Waals surface area (Å²) < 4.78 is 0. The van der Waals surface area contributed by atoms with Gasteiger partial charge in [0.15, 0.2) is 5.96 Å². The minimum atomic E-state index is -0.367. The molecule has 0 aliphatic heterocycles. The Kier molecular flexibility index (Phi) is 10.7. The van der Waals surface area contributed by atoms with Crippen LogP contribution in [-0.2, 0) is 4.79 Å². The second kappa shape index (κ2) is 11.3. The number of aliphatic imine (C=N–C) groups is 1. The van der Waals surface area contributed by atoms with E-state index in [2.05, 4.69) is 40.0 Å². The molecule has 6 heteroatoms. The molecule has 24 heavy (non-hydrogen) atoms. The highest BCUT2D eigenvalue weighted by Gasteiger charge is 2.20. The quantitative estimate of drug-likeness (QED) is 0.272. The van der Waals surface area contributed by atoms with Gasteiger partial charge in [0.05, 0.1) is 12.6 Å². The second-order valence-corrected chi connectivity index (χ2v) is 6.54. The van der Waals surface area contributed by atoms with Crippen molar-refractivity contribution in [1.29, 1.82) is 0 Å². The lowest BCUT2D eigenvalue weighted by atomic mass is 9.96.